The van der Waals surface area contributed by atoms with Gasteiger partial charge in [0.05, 0.1) is 0 Å². The third-order valence-corrected chi connectivity index (χ3v) is 1.99. The van der Waals surface area contributed by atoms with E-state index in [2.05, 4.69) is 6.92 Å². The van der Waals surface area contributed by atoms with Crippen molar-refractivity contribution in [3.63, 3.8) is 0 Å². The summed E-state index contributed by atoms with van der Waals surface area (Å²) >= 11 is 0. The zero-order valence-electron chi connectivity index (χ0n) is 6.52. The summed E-state index contributed by atoms with van der Waals surface area (Å²) in [5.74, 6) is 0.532. The lowest BCUT2D eigenvalue weighted by Gasteiger charge is -2.13. The monoisotopic (exact) mass is 140 g/mol. The Morgan fingerprint density at radius 3 is 2.90 bits per heavy atom. The van der Waals surface area contributed by atoms with Crippen LogP contribution in [0, 0.1) is 5.92 Å². The molecular formula is C9H13F. The number of hydrogen-bond donors (Lipinski definition) is 0. The standard InChI is InChI=1S/C9H13F/c1-3-8-4-5-9(10)7(2)6-8/h5-6,8H,3-4H2,1-2H3. The highest BCUT2D eigenvalue weighted by molar-refractivity contribution is 5.27. The van der Waals surface area contributed by atoms with Gasteiger partial charge in [-0.25, -0.2) is 4.39 Å². The van der Waals surface area contributed by atoms with Crippen molar-refractivity contribution in [3.8, 4) is 0 Å². The summed E-state index contributed by atoms with van der Waals surface area (Å²) in [5.41, 5.74) is 0.804. The van der Waals surface area contributed by atoms with Gasteiger partial charge in [0.1, 0.15) is 5.83 Å². The van der Waals surface area contributed by atoms with Gasteiger partial charge in [-0.1, -0.05) is 13.0 Å². The van der Waals surface area contributed by atoms with Crippen molar-refractivity contribution in [2.75, 3.05) is 0 Å². The third-order valence-electron chi connectivity index (χ3n) is 1.99. The maximum Gasteiger partial charge on any atom is 0.121 e. The van der Waals surface area contributed by atoms with Gasteiger partial charge in [-0.05, 0) is 37.3 Å². The highest BCUT2D eigenvalue weighted by atomic mass is 19.1. The average Bonchev–Trinajstić information content (AvgIpc) is 1.95. The molecule has 0 aromatic heterocycles. The number of halogens is 1. The Hall–Kier alpha value is -0.590. The van der Waals surface area contributed by atoms with Crippen molar-refractivity contribution in [3.05, 3.63) is 23.6 Å². The molecule has 0 aromatic rings. The zero-order chi connectivity index (χ0) is 7.56. The van der Waals surface area contributed by atoms with Gasteiger partial charge in [-0.2, -0.15) is 0 Å². The third kappa shape index (κ3) is 1.47. The summed E-state index contributed by atoms with van der Waals surface area (Å²) in [6.07, 6.45) is 5.69. The lowest BCUT2D eigenvalue weighted by Crippen LogP contribution is -1.99. The maximum atomic E-state index is 12.7. The summed E-state index contributed by atoms with van der Waals surface area (Å²) in [5, 5.41) is 0. The summed E-state index contributed by atoms with van der Waals surface area (Å²) in [6, 6.07) is 0. The first kappa shape index (κ1) is 7.52. The fourth-order valence-electron chi connectivity index (χ4n) is 1.20. The highest BCUT2D eigenvalue weighted by Gasteiger charge is 2.09. The van der Waals surface area contributed by atoms with Crippen molar-refractivity contribution in [2.24, 2.45) is 5.92 Å². The van der Waals surface area contributed by atoms with E-state index in [0.29, 0.717) is 5.92 Å². The van der Waals surface area contributed by atoms with Crippen LogP contribution < -0.4 is 0 Å². The topological polar surface area (TPSA) is 0 Å². The lowest BCUT2D eigenvalue weighted by atomic mass is 9.94. The van der Waals surface area contributed by atoms with Gasteiger partial charge in [0, 0.05) is 0 Å². The molecule has 0 fully saturated rings. The van der Waals surface area contributed by atoms with Crippen LogP contribution in [-0.2, 0) is 0 Å². The molecule has 1 atom stereocenters. The van der Waals surface area contributed by atoms with Crippen LogP contribution in [0.2, 0.25) is 0 Å². The molecule has 0 spiro atoms. The van der Waals surface area contributed by atoms with Crippen LogP contribution in [0.3, 0.4) is 0 Å². The average molecular weight is 140 g/mol. The Labute approximate surface area is 61.4 Å². The second kappa shape index (κ2) is 3.00. The molecule has 0 heterocycles. The van der Waals surface area contributed by atoms with Crippen LogP contribution in [0.4, 0.5) is 4.39 Å². The van der Waals surface area contributed by atoms with Crippen molar-refractivity contribution in [2.45, 2.75) is 26.7 Å². The first-order chi connectivity index (χ1) is 4.74. The first-order valence-electron chi connectivity index (χ1n) is 3.78. The molecule has 0 saturated carbocycles. The quantitative estimate of drug-likeness (QED) is 0.524. The fourth-order valence-corrected chi connectivity index (χ4v) is 1.20. The first-order valence-corrected chi connectivity index (χ1v) is 3.78. The van der Waals surface area contributed by atoms with E-state index in [1.165, 1.54) is 0 Å². The van der Waals surface area contributed by atoms with Gasteiger partial charge in [-0.3, -0.25) is 0 Å². The van der Waals surface area contributed by atoms with Crippen LogP contribution >= 0.6 is 0 Å². The van der Waals surface area contributed by atoms with E-state index in [0.717, 1.165) is 18.4 Å². The Bertz CT molecular complexity index is 177. The second-order valence-corrected chi connectivity index (χ2v) is 2.81. The minimum atomic E-state index is -0.0373. The molecule has 1 aliphatic carbocycles. The summed E-state index contributed by atoms with van der Waals surface area (Å²) in [6.45, 7) is 3.96. The van der Waals surface area contributed by atoms with Crippen LogP contribution in [0.5, 0.6) is 0 Å². The van der Waals surface area contributed by atoms with E-state index in [1.54, 1.807) is 6.08 Å². The van der Waals surface area contributed by atoms with Crippen LogP contribution in [0.1, 0.15) is 26.7 Å². The molecule has 0 aliphatic heterocycles. The number of allylic oxidation sites excluding steroid dienone is 4. The SMILES string of the molecule is CCC1C=C(C)C(F)=CC1. The highest BCUT2D eigenvalue weighted by Crippen LogP contribution is 2.24. The van der Waals surface area contributed by atoms with Crippen molar-refractivity contribution in [1.29, 1.82) is 0 Å². The van der Waals surface area contributed by atoms with Gasteiger partial charge in [0.2, 0.25) is 0 Å². The molecule has 1 unspecified atom stereocenters. The molecule has 1 aliphatic rings. The van der Waals surface area contributed by atoms with Gasteiger partial charge in [-0.15, -0.1) is 0 Å². The van der Waals surface area contributed by atoms with Crippen molar-refractivity contribution in [1.82, 2.24) is 0 Å². The lowest BCUT2D eigenvalue weighted by molar-refractivity contribution is 0.573. The minimum absolute atomic E-state index is 0.0373. The Kier molecular flexibility index (Phi) is 2.25. The Morgan fingerprint density at radius 2 is 2.40 bits per heavy atom. The smallest absolute Gasteiger partial charge is 0.121 e. The van der Waals surface area contributed by atoms with E-state index in [-0.39, 0.29) is 5.83 Å². The molecule has 1 rings (SSSR count). The molecule has 1 heteroatoms. The molecule has 0 nitrogen and oxygen atoms in total. The number of rotatable bonds is 1. The normalized spacial score (nSPS) is 25.7. The van der Waals surface area contributed by atoms with Crippen molar-refractivity contribution < 1.29 is 4.39 Å². The summed E-state index contributed by atoms with van der Waals surface area (Å²) in [7, 11) is 0. The number of hydrogen-bond acceptors (Lipinski definition) is 0. The van der Waals surface area contributed by atoms with E-state index in [9.17, 15) is 4.39 Å². The van der Waals surface area contributed by atoms with Crippen LogP contribution in [0.15, 0.2) is 23.6 Å². The van der Waals surface area contributed by atoms with Crippen molar-refractivity contribution >= 4 is 0 Å². The Balaban J connectivity index is 2.66. The van der Waals surface area contributed by atoms with Crippen LogP contribution in [-0.4, -0.2) is 0 Å². The largest absolute Gasteiger partial charge is 0.207 e. The van der Waals surface area contributed by atoms with Gasteiger partial charge < -0.3 is 0 Å². The fraction of sp³-hybridized carbons (Fsp3) is 0.556. The molecular weight excluding hydrogens is 127 g/mol. The molecule has 10 heavy (non-hydrogen) atoms. The van der Waals surface area contributed by atoms with Gasteiger partial charge in [0.15, 0.2) is 0 Å². The summed E-state index contributed by atoms with van der Waals surface area (Å²) < 4.78 is 12.7. The Morgan fingerprint density at radius 1 is 1.70 bits per heavy atom. The van der Waals surface area contributed by atoms with Crippen LogP contribution in [0.25, 0.3) is 0 Å². The molecule has 0 amide bonds. The maximum absolute atomic E-state index is 12.7. The zero-order valence-corrected chi connectivity index (χ0v) is 6.52. The second-order valence-electron chi connectivity index (χ2n) is 2.81. The van der Waals surface area contributed by atoms with E-state index >= 15 is 0 Å². The van der Waals surface area contributed by atoms with E-state index in [1.807, 2.05) is 13.0 Å². The van der Waals surface area contributed by atoms with E-state index in [4.69, 9.17) is 0 Å². The van der Waals surface area contributed by atoms with E-state index < -0.39 is 0 Å². The molecule has 0 radical (unpaired) electrons. The van der Waals surface area contributed by atoms with Gasteiger partial charge >= 0.3 is 0 Å². The molecule has 0 aromatic carbocycles. The molecule has 0 bridgehead atoms. The molecule has 0 N–H and O–H groups in total. The molecule has 0 saturated heterocycles. The predicted octanol–water partition coefficient (Wildman–Crippen LogP) is 3.22. The van der Waals surface area contributed by atoms with Gasteiger partial charge in [0.25, 0.3) is 0 Å². The predicted molar refractivity (Wildman–Crippen MR) is 41.3 cm³/mol. The molecule has 56 valence electrons. The summed E-state index contributed by atoms with van der Waals surface area (Å²) in [4.78, 5) is 0. The minimum Gasteiger partial charge on any atom is -0.207 e.